The maximum absolute atomic E-state index is 13.6. The highest BCUT2D eigenvalue weighted by atomic mass is 35.5. The van der Waals surface area contributed by atoms with E-state index in [2.05, 4.69) is 15.7 Å². The van der Waals surface area contributed by atoms with Gasteiger partial charge in [-0.2, -0.15) is 5.10 Å². The van der Waals surface area contributed by atoms with Gasteiger partial charge < -0.3 is 20.5 Å². The molecule has 0 radical (unpaired) electrons. The van der Waals surface area contributed by atoms with Gasteiger partial charge >= 0.3 is 0 Å². The van der Waals surface area contributed by atoms with Crippen LogP contribution in [0, 0.1) is 6.92 Å². The van der Waals surface area contributed by atoms with Crippen LogP contribution >= 0.6 is 34.8 Å². The Labute approximate surface area is 237 Å². The van der Waals surface area contributed by atoms with E-state index >= 15 is 0 Å². The fourth-order valence-corrected chi connectivity index (χ4v) is 4.75. The number of hydrogen-bond acceptors (Lipinski definition) is 5. The van der Waals surface area contributed by atoms with Gasteiger partial charge in [-0.15, -0.1) is 0 Å². The number of carbonyl (C=O) groups excluding carboxylic acids is 2. The number of rotatable bonds is 12. The molecule has 3 rings (SSSR count). The van der Waals surface area contributed by atoms with Gasteiger partial charge in [0.2, 0.25) is 5.91 Å². The largest absolute Gasteiger partial charge is 0.394 e. The minimum absolute atomic E-state index is 0.0941. The average molecular weight is 582 g/mol. The fourth-order valence-electron chi connectivity index (χ4n) is 4.14. The van der Waals surface area contributed by atoms with E-state index in [9.17, 15) is 9.59 Å². The molecule has 0 aliphatic rings. The number of amides is 2. The Bertz CT molecular complexity index is 1270. The normalized spacial score (nSPS) is 11.4. The van der Waals surface area contributed by atoms with Gasteiger partial charge in [0.05, 0.1) is 36.2 Å². The van der Waals surface area contributed by atoms with Gasteiger partial charge in [0, 0.05) is 27.7 Å². The second-order valence-corrected chi connectivity index (χ2v) is 9.95. The van der Waals surface area contributed by atoms with Crippen molar-refractivity contribution in [3.8, 4) is 16.9 Å². The van der Waals surface area contributed by atoms with Crippen molar-refractivity contribution >= 4 is 46.6 Å². The number of carbonyl (C=O) groups is 2. The Kier molecular flexibility index (Phi) is 10.6. The number of benzene rings is 2. The van der Waals surface area contributed by atoms with Crippen LogP contribution in [0.3, 0.4) is 0 Å². The van der Waals surface area contributed by atoms with Crippen LogP contribution in [-0.4, -0.2) is 58.6 Å². The van der Waals surface area contributed by atoms with Crippen molar-refractivity contribution in [3.05, 3.63) is 68.8 Å². The average Bonchev–Trinajstić information content (AvgIpc) is 3.24. The quantitative estimate of drug-likeness (QED) is 0.254. The lowest BCUT2D eigenvalue weighted by Gasteiger charge is -2.31. The molecular weight excluding hydrogens is 551 g/mol. The van der Waals surface area contributed by atoms with Gasteiger partial charge in [-0.25, -0.2) is 4.68 Å². The minimum Gasteiger partial charge on any atom is -0.394 e. The van der Waals surface area contributed by atoms with Gasteiger partial charge in [0.25, 0.3) is 5.91 Å². The Morgan fingerprint density at radius 2 is 1.68 bits per heavy atom. The molecule has 0 fully saturated rings. The number of ether oxygens (including phenoxy) is 1. The maximum atomic E-state index is 13.6. The summed E-state index contributed by atoms with van der Waals surface area (Å²) in [7, 11) is 0. The molecule has 0 bridgehead atoms. The summed E-state index contributed by atoms with van der Waals surface area (Å²) < 4.78 is 6.81. The molecular formula is C27H31Cl3N4O4. The third kappa shape index (κ3) is 6.68. The summed E-state index contributed by atoms with van der Waals surface area (Å²) in [6.07, 6.45) is 0.733. The second kappa shape index (κ2) is 13.4. The van der Waals surface area contributed by atoms with E-state index in [0.717, 1.165) is 5.56 Å². The van der Waals surface area contributed by atoms with Gasteiger partial charge in [0.1, 0.15) is 5.54 Å². The molecule has 0 unspecified atom stereocenters. The molecule has 1 aromatic heterocycles. The van der Waals surface area contributed by atoms with E-state index in [1.165, 1.54) is 0 Å². The van der Waals surface area contributed by atoms with E-state index in [0.29, 0.717) is 44.9 Å². The number of nitrogens with zero attached hydrogens (tertiary/aromatic N) is 2. The molecule has 0 atom stereocenters. The molecule has 204 valence electrons. The van der Waals surface area contributed by atoms with Crippen LogP contribution in [0.25, 0.3) is 16.9 Å². The smallest absolute Gasteiger partial charge is 0.272 e. The Balaban J connectivity index is 2.00. The van der Waals surface area contributed by atoms with E-state index in [1.54, 1.807) is 41.9 Å². The number of aliphatic hydroxyl groups excluding tert-OH is 1. The SMILES string of the molecule is CCC(CC)(NC(=O)c1nn(-c2ccc(Cl)cc2Cl)c(-c2ccc(Cl)cc2)c1C)C(=O)NCCOCCO. The van der Waals surface area contributed by atoms with Gasteiger partial charge in [-0.3, -0.25) is 9.59 Å². The number of nitrogens with one attached hydrogen (secondary N) is 2. The summed E-state index contributed by atoms with van der Waals surface area (Å²) in [6.45, 7) is 6.06. The molecule has 0 saturated carbocycles. The van der Waals surface area contributed by atoms with E-state index < -0.39 is 11.4 Å². The lowest BCUT2D eigenvalue weighted by Crippen LogP contribution is -2.58. The van der Waals surface area contributed by atoms with Crippen molar-refractivity contribution in [1.82, 2.24) is 20.4 Å². The maximum Gasteiger partial charge on any atom is 0.272 e. The first-order valence-corrected chi connectivity index (χ1v) is 13.4. The van der Waals surface area contributed by atoms with Crippen molar-refractivity contribution < 1.29 is 19.4 Å². The Morgan fingerprint density at radius 1 is 1.03 bits per heavy atom. The molecule has 1 heterocycles. The molecule has 3 aromatic rings. The standard InChI is InChI=1S/C27H31Cl3N4O4/c1-4-27(5-2,26(37)31-12-14-38-15-13-35)32-25(36)23-17(3)24(18-6-8-19(28)9-7-18)34(33-23)22-11-10-20(29)16-21(22)30/h6-11,16,35H,4-5,12-15H2,1-3H3,(H,31,37)(H,32,36). The van der Waals surface area contributed by atoms with Gasteiger partial charge in [-0.1, -0.05) is 60.8 Å². The zero-order valence-corrected chi connectivity index (χ0v) is 23.8. The number of aromatic nitrogens is 2. The molecule has 2 amide bonds. The lowest BCUT2D eigenvalue weighted by molar-refractivity contribution is -0.128. The number of halogens is 3. The van der Waals surface area contributed by atoms with Crippen molar-refractivity contribution in [2.24, 2.45) is 0 Å². The Morgan fingerprint density at radius 3 is 2.29 bits per heavy atom. The first kappa shape index (κ1) is 29.9. The van der Waals surface area contributed by atoms with Gasteiger partial charge in [0.15, 0.2) is 5.69 Å². The van der Waals surface area contributed by atoms with Crippen molar-refractivity contribution in [1.29, 1.82) is 0 Å². The summed E-state index contributed by atoms with van der Waals surface area (Å²) in [5, 5.41) is 20.6. The molecule has 8 nitrogen and oxygen atoms in total. The second-order valence-electron chi connectivity index (χ2n) is 8.67. The van der Waals surface area contributed by atoms with Gasteiger partial charge in [-0.05, 0) is 50.1 Å². The zero-order valence-electron chi connectivity index (χ0n) is 21.5. The van der Waals surface area contributed by atoms with E-state index in [1.807, 2.05) is 26.0 Å². The molecule has 0 saturated heterocycles. The van der Waals surface area contributed by atoms with Crippen LogP contribution in [0.1, 0.15) is 42.7 Å². The first-order chi connectivity index (χ1) is 18.2. The third-order valence-corrected chi connectivity index (χ3v) is 7.14. The highest BCUT2D eigenvalue weighted by Crippen LogP contribution is 2.33. The summed E-state index contributed by atoms with van der Waals surface area (Å²) in [5.74, 6) is -0.809. The molecule has 0 spiro atoms. The van der Waals surface area contributed by atoms with Crippen LogP contribution in [0.2, 0.25) is 15.1 Å². The van der Waals surface area contributed by atoms with Crippen LogP contribution in [0.4, 0.5) is 0 Å². The van der Waals surface area contributed by atoms with E-state index in [-0.39, 0.29) is 38.0 Å². The molecule has 0 aliphatic heterocycles. The summed E-state index contributed by atoms with van der Waals surface area (Å²) in [4.78, 5) is 26.8. The van der Waals surface area contributed by atoms with Crippen molar-refractivity contribution in [2.75, 3.05) is 26.4 Å². The number of aliphatic hydroxyl groups is 1. The molecule has 2 aromatic carbocycles. The highest BCUT2D eigenvalue weighted by molar-refractivity contribution is 6.35. The van der Waals surface area contributed by atoms with Crippen molar-refractivity contribution in [2.45, 2.75) is 39.2 Å². The van der Waals surface area contributed by atoms with Crippen LogP contribution in [-0.2, 0) is 9.53 Å². The molecule has 3 N–H and O–H groups in total. The Hall–Kier alpha value is -2.62. The number of hydrogen-bond donors (Lipinski definition) is 3. The third-order valence-electron chi connectivity index (χ3n) is 6.36. The lowest BCUT2D eigenvalue weighted by atomic mass is 9.91. The zero-order chi connectivity index (χ0) is 27.9. The summed E-state index contributed by atoms with van der Waals surface area (Å²) in [5.41, 5.74) is 1.59. The summed E-state index contributed by atoms with van der Waals surface area (Å²) >= 11 is 18.7. The summed E-state index contributed by atoms with van der Waals surface area (Å²) in [6, 6.07) is 12.2. The van der Waals surface area contributed by atoms with Crippen LogP contribution < -0.4 is 10.6 Å². The predicted octanol–water partition coefficient (Wildman–Crippen LogP) is 5.22. The van der Waals surface area contributed by atoms with Crippen LogP contribution in [0.5, 0.6) is 0 Å². The first-order valence-electron chi connectivity index (χ1n) is 12.3. The monoisotopic (exact) mass is 580 g/mol. The predicted molar refractivity (Wildman–Crippen MR) is 150 cm³/mol. The fraction of sp³-hybridized carbons (Fsp3) is 0.370. The topological polar surface area (TPSA) is 105 Å². The molecule has 38 heavy (non-hydrogen) atoms. The molecule has 0 aliphatic carbocycles. The van der Waals surface area contributed by atoms with Crippen LogP contribution in [0.15, 0.2) is 42.5 Å². The van der Waals surface area contributed by atoms with E-state index in [4.69, 9.17) is 44.6 Å². The highest BCUT2D eigenvalue weighted by Gasteiger charge is 2.38. The van der Waals surface area contributed by atoms with Crippen molar-refractivity contribution in [3.63, 3.8) is 0 Å². The minimum atomic E-state index is -1.15. The molecule has 11 heteroatoms.